The Kier molecular flexibility index (Phi) is 6.70. The molecule has 4 heteroatoms. The van der Waals surface area contributed by atoms with Gasteiger partial charge in [-0.2, -0.15) is 0 Å². The van der Waals surface area contributed by atoms with Crippen LogP contribution in [0.15, 0.2) is 30.3 Å². The normalized spacial score (nSPS) is 17.9. The van der Waals surface area contributed by atoms with E-state index in [9.17, 15) is 4.79 Å². The molecule has 21 heavy (non-hydrogen) atoms. The minimum atomic E-state index is 0.260. The molecule has 0 saturated carbocycles. The van der Waals surface area contributed by atoms with E-state index in [0.29, 0.717) is 13.0 Å². The first-order valence-electron chi connectivity index (χ1n) is 7.87. The first-order chi connectivity index (χ1) is 10.3. The second-order valence-corrected chi connectivity index (χ2v) is 5.55. The Hall–Kier alpha value is -1.39. The SMILES string of the molecule is CNCCCC(=O)N(CCc1ccccc1)C1CCOC1. The molecule has 1 N–H and O–H groups in total. The number of carbonyl (C=O) groups is 1. The molecular weight excluding hydrogens is 264 g/mol. The third-order valence-corrected chi connectivity index (χ3v) is 3.97. The number of ether oxygens (including phenoxy) is 1. The Labute approximate surface area is 127 Å². The van der Waals surface area contributed by atoms with Crippen LogP contribution in [0.3, 0.4) is 0 Å². The molecule has 0 radical (unpaired) electrons. The highest BCUT2D eigenvalue weighted by molar-refractivity contribution is 5.76. The van der Waals surface area contributed by atoms with Crippen molar-refractivity contribution in [3.05, 3.63) is 35.9 Å². The van der Waals surface area contributed by atoms with Gasteiger partial charge in [0.1, 0.15) is 0 Å². The molecule has 4 nitrogen and oxygen atoms in total. The van der Waals surface area contributed by atoms with Gasteiger partial charge in [0.25, 0.3) is 0 Å². The van der Waals surface area contributed by atoms with Crippen molar-refractivity contribution in [2.45, 2.75) is 31.7 Å². The third kappa shape index (κ3) is 5.14. The van der Waals surface area contributed by atoms with Gasteiger partial charge in [0, 0.05) is 19.6 Å². The maximum Gasteiger partial charge on any atom is 0.222 e. The van der Waals surface area contributed by atoms with Crippen LogP contribution in [0.4, 0.5) is 0 Å². The number of carbonyl (C=O) groups excluding carboxylic acids is 1. The molecule has 1 amide bonds. The molecule has 1 saturated heterocycles. The van der Waals surface area contributed by atoms with Gasteiger partial charge in [0.15, 0.2) is 0 Å². The van der Waals surface area contributed by atoms with Crippen molar-refractivity contribution in [1.29, 1.82) is 0 Å². The summed E-state index contributed by atoms with van der Waals surface area (Å²) in [4.78, 5) is 14.5. The zero-order chi connectivity index (χ0) is 14.9. The summed E-state index contributed by atoms with van der Waals surface area (Å²) in [5.74, 6) is 0.261. The summed E-state index contributed by atoms with van der Waals surface area (Å²) in [5.41, 5.74) is 1.28. The predicted molar refractivity (Wildman–Crippen MR) is 84.2 cm³/mol. The Bertz CT molecular complexity index is 416. The maximum absolute atomic E-state index is 12.5. The maximum atomic E-state index is 12.5. The van der Waals surface area contributed by atoms with Crippen molar-refractivity contribution in [3.8, 4) is 0 Å². The number of nitrogens with zero attached hydrogens (tertiary/aromatic N) is 1. The molecule has 1 aliphatic rings. The summed E-state index contributed by atoms with van der Waals surface area (Å²) < 4.78 is 5.46. The molecule has 0 aromatic heterocycles. The molecule has 1 unspecified atom stereocenters. The van der Waals surface area contributed by atoms with Crippen molar-refractivity contribution >= 4 is 5.91 Å². The summed E-state index contributed by atoms with van der Waals surface area (Å²) in [7, 11) is 1.92. The second-order valence-electron chi connectivity index (χ2n) is 5.55. The first-order valence-corrected chi connectivity index (χ1v) is 7.87. The van der Waals surface area contributed by atoms with Crippen molar-refractivity contribution in [1.82, 2.24) is 10.2 Å². The summed E-state index contributed by atoms with van der Waals surface area (Å²) in [6.07, 6.45) is 3.39. The fourth-order valence-corrected chi connectivity index (χ4v) is 2.73. The summed E-state index contributed by atoms with van der Waals surface area (Å²) in [6.45, 7) is 3.14. The van der Waals surface area contributed by atoms with E-state index in [0.717, 1.165) is 39.0 Å². The van der Waals surface area contributed by atoms with Crippen LogP contribution < -0.4 is 5.32 Å². The monoisotopic (exact) mass is 290 g/mol. The summed E-state index contributed by atoms with van der Waals surface area (Å²) in [5, 5.41) is 3.09. The van der Waals surface area contributed by atoms with Crippen molar-refractivity contribution in [2.24, 2.45) is 0 Å². The highest BCUT2D eigenvalue weighted by atomic mass is 16.5. The van der Waals surface area contributed by atoms with Gasteiger partial charge in [-0.3, -0.25) is 4.79 Å². The van der Waals surface area contributed by atoms with Gasteiger partial charge in [-0.1, -0.05) is 30.3 Å². The minimum absolute atomic E-state index is 0.260. The number of hydrogen-bond acceptors (Lipinski definition) is 3. The minimum Gasteiger partial charge on any atom is -0.379 e. The van der Waals surface area contributed by atoms with Crippen LogP contribution in [0.25, 0.3) is 0 Å². The smallest absolute Gasteiger partial charge is 0.222 e. The van der Waals surface area contributed by atoms with Crippen LogP contribution in [-0.2, 0) is 16.0 Å². The lowest BCUT2D eigenvalue weighted by atomic mass is 10.1. The molecule has 1 fully saturated rings. The van der Waals surface area contributed by atoms with E-state index >= 15 is 0 Å². The Morgan fingerprint density at radius 1 is 1.38 bits per heavy atom. The first kappa shape index (κ1) is 16.0. The lowest BCUT2D eigenvalue weighted by Gasteiger charge is -2.28. The lowest BCUT2D eigenvalue weighted by molar-refractivity contribution is -0.133. The van der Waals surface area contributed by atoms with Crippen LogP contribution in [0.2, 0.25) is 0 Å². The van der Waals surface area contributed by atoms with Crippen LogP contribution in [0.1, 0.15) is 24.8 Å². The molecule has 116 valence electrons. The molecule has 0 aliphatic carbocycles. The molecule has 1 aromatic carbocycles. The largest absolute Gasteiger partial charge is 0.379 e. The molecule has 1 aliphatic heterocycles. The van der Waals surface area contributed by atoms with E-state index in [1.54, 1.807) is 0 Å². The standard InChI is InChI=1S/C17H26N2O2/c1-18-11-5-8-17(20)19(16-10-13-21-14-16)12-9-15-6-3-2-4-7-15/h2-4,6-7,16,18H,5,8-14H2,1H3. The number of nitrogens with one attached hydrogen (secondary N) is 1. The molecule has 1 aromatic rings. The fraction of sp³-hybridized carbons (Fsp3) is 0.588. The predicted octanol–water partition coefficient (Wildman–Crippen LogP) is 1.85. The third-order valence-electron chi connectivity index (χ3n) is 3.97. The summed E-state index contributed by atoms with van der Waals surface area (Å²) >= 11 is 0. The Morgan fingerprint density at radius 3 is 2.86 bits per heavy atom. The number of hydrogen-bond donors (Lipinski definition) is 1. The number of amides is 1. The van der Waals surface area contributed by atoms with Gasteiger partial charge in [-0.05, 0) is 38.4 Å². The van der Waals surface area contributed by atoms with Gasteiger partial charge in [-0.15, -0.1) is 0 Å². The van der Waals surface area contributed by atoms with E-state index in [2.05, 4.69) is 17.4 Å². The second kappa shape index (κ2) is 8.80. The van der Waals surface area contributed by atoms with Crippen molar-refractivity contribution in [3.63, 3.8) is 0 Å². The van der Waals surface area contributed by atoms with Crippen LogP contribution in [0.5, 0.6) is 0 Å². The highest BCUT2D eigenvalue weighted by Gasteiger charge is 2.26. The van der Waals surface area contributed by atoms with Gasteiger partial charge >= 0.3 is 0 Å². The fourth-order valence-electron chi connectivity index (χ4n) is 2.73. The number of rotatable bonds is 8. The van der Waals surface area contributed by atoms with Gasteiger partial charge in [0.2, 0.25) is 5.91 Å². The lowest BCUT2D eigenvalue weighted by Crippen LogP contribution is -2.42. The van der Waals surface area contributed by atoms with Crippen molar-refractivity contribution in [2.75, 3.05) is 33.4 Å². The van der Waals surface area contributed by atoms with Gasteiger partial charge in [-0.25, -0.2) is 0 Å². The topological polar surface area (TPSA) is 41.6 Å². The average molecular weight is 290 g/mol. The van der Waals surface area contributed by atoms with Crippen LogP contribution in [0, 0.1) is 0 Å². The van der Waals surface area contributed by atoms with Crippen LogP contribution in [-0.4, -0.2) is 50.2 Å². The molecular formula is C17H26N2O2. The van der Waals surface area contributed by atoms with E-state index in [1.807, 2.05) is 30.1 Å². The molecule has 0 bridgehead atoms. The van der Waals surface area contributed by atoms with Crippen LogP contribution >= 0.6 is 0 Å². The van der Waals surface area contributed by atoms with E-state index in [-0.39, 0.29) is 11.9 Å². The van der Waals surface area contributed by atoms with Gasteiger partial charge in [0.05, 0.1) is 12.6 Å². The van der Waals surface area contributed by atoms with Crippen molar-refractivity contribution < 1.29 is 9.53 Å². The number of benzene rings is 1. The Balaban J connectivity index is 1.90. The molecule has 2 rings (SSSR count). The zero-order valence-corrected chi connectivity index (χ0v) is 12.9. The van der Waals surface area contributed by atoms with Gasteiger partial charge < -0.3 is 15.0 Å². The highest BCUT2D eigenvalue weighted by Crippen LogP contribution is 2.15. The average Bonchev–Trinajstić information content (AvgIpc) is 3.03. The van der Waals surface area contributed by atoms with E-state index in [4.69, 9.17) is 4.74 Å². The quantitative estimate of drug-likeness (QED) is 0.743. The molecule has 1 heterocycles. The molecule has 1 atom stereocenters. The zero-order valence-electron chi connectivity index (χ0n) is 12.9. The Morgan fingerprint density at radius 2 is 2.19 bits per heavy atom. The van der Waals surface area contributed by atoms with E-state index in [1.165, 1.54) is 5.56 Å². The molecule has 0 spiro atoms. The summed E-state index contributed by atoms with van der Waals surface area (Å²) in [6, 6.07) is 10.6. The van der Waals surface area contributed by atoms with E-state index < -0.39 is 0 Å².